The second-order valence-corrected chi connectivity index (χ2v) is 7.24. The summed E-state index contributed by atoms with van der Waals surface area (Å²) in [6, 6.07) is -2.16. The predicted octanol–water partition coefficient (Wildman–Crippen LogP) is 8.93. The standard InChI is InChI=1S/C21H37F5O/c1-2-3-4-5-6-7-8-9-10-11-12-13-14-15-16-17-18-27-20(23)19(22)21(24,25)26/h2-18H2,1H3. The lowest BCUT2D eigenvalue weighted by Gasteiger charge is -2.07. The summed E-state index contributed by atoms with van der Waals surface area (Å²) >= 11 is 0. The molecule has 0 saturated heterocycles. The maximum Gasteiger partial charge on any atom is 0.449 e. The summed E-state index contributed by atoms with van der Waals surface area (Å²) in [7, 11) is 0. The Hall–Kier alpha value is -0.810. The van der Waals surface area contributed by atoms with Gasteiger partial charge in [0.05, 0.1) is 6.61 Å². The number of hydrogen-bond donors (Lipinski definition) is 0. The number of alkyl halides is 3. The van der Waals surface area contributed by atoms with Crippen LogP contribution < -0.4 is 0 Å². The van der Waals surface area contributed by atoms with Crippen molar-refractivity contribution in [1.82, 2.24) is 0 Å². The number of unbranched alkanes of at least 4 members (excludes halogenated alkanes) is 15. The monoisotopic (exact) mass is 400 g/mol. The van der Waals surface area contributed by atoms with Crippen LogP contribution in [0.1, 0.15) is 110 Å². The zero-order valence-corrected chi connectivity index (χ0v) is 16.8. The molecule has 0 aliphatic rings. The molecule has 0 amide bonds. The quantitative estimate of drug-likeness (QED) is 0.127. The van der Waals surface area contributed by atoms with Crippen molar-refractivity contribution in [2.45, 2.75) is 116 Å². The van der Waals surface area contributed by atoms with Crippen LogP contribution in [0.2, 0.25) is 0 Å². The van der Waals surface area contributed by atoms with Crippen LogP contribution in [0.4, 0.5) is 22.0 Å². The molecule has 0 aliphatic carbocycles. The molecule has 0 aromatic heterocycles. The highest BCUT2D eigenvalue weighted by Crippen LogP contribution is 2.30. The summed E-state index contributed by atoms with van der Waals surface area (Å²) < 4.78 is 65.0. The lowest BCUT2D eigenvalue weighted by molar-refractivity contribution is -0.116. The Morgan fingerprint density at radius 3 is 1.26 bits per heavy atom. The lowest BCUT2D eigenvalue weighted by atomic mass is 10.0. The van der Waals surface area contributed by atoms with E-state index in [0.717, 1.165) is 25.7 Å². The first kappa shape index (κ1) is 26.2. The normalized spacial score (nSPS) is 13.0. The molecule has 27 heavy (non-hydrogen) atoms. The van der Waals surface area contributed by atoms with Gasteiger partial charge in [0.1, 0.15) is 0 Å². The largest absolute Gasteiger partial charge is 0.469 e. The molecule has 1 nitrogen and oxygen atoms in total. The fourth-order valence-electron chi connectivity index (χ4n) is 2.99. The number of ether oxygens (including phenoxy) is 1. The molecule has 0 heterocycles. The van der Waals surface area contributed by atoms with Crippen molar-refractivity contribution >= 4 is 0 Å². The van der Waals surface area contributed by atoms with Gasteiger partial charge in [-0.3, -0.25) is 0 Å². The van der Waals surface area contributed by atoms with E-state index in [1.165, 1.54) is 70.6 Å². The van der Waals surface area contributed by atoms with Gasteiger partial charge in [-0.05, 0) is 6.42 Å². The second kappa shape index (κ2) is 17.3. The minimum absolute atomic E-state index is 0.228. The van der Waals surface area contributed by atoms with Crippen LogP contribution in [-0.2, 0) is 4.74 Å². The van der Waals surface area contributed by atoms with Crippen molar-refractivity contribution in [3.05, 3.63) is 11.8 Å². The molecule has 0 aromatic carbocycles. The highest BCUT2D eigenvalue weighted by molar-refractivity contribution is 4.99. The van der Waals surface area contributed by atoms with E-state index in [0.29, 0.717) is 6.42 Å². The van der Waals surface area contributed by atoms with E-state index < -0.39 is 18.0 Å². The minimum atomic E-state index is -5.32. The smallest absolute Gasteiger partial charge is 0.449 e. The van der Waals surface area contributed by atoms with E-state index in [-0.39, 0.29) is 6.61 Å². The minimum Gasteiger partial charge on any atom is -0.469 e. The first-order chi connectivity index (χ1) is 12.9. The molecule has 0 fully saturated rings. The molecule has 0 spiro atoms. The molecule has 0 unspecified atom stereocenters. The molecular formula is C21H37F5O. The van der Waals surface area contributed by atoms with Gasteiger partial charge in [0.25, 0.3) is 5.83 Å². The topological polar surface area (TPSA) is 9.23 Å². The molecule has 6 heteroatoms. The van der Waals surface area contributed by atoms with Crippen LogP contribution in [-0.4, -0.2) is 12.8 Å². The van der Waals surface area contributed by atoms with Crippen LogP contribution in [0.3, 0.4) is 0 Å². The first-order valence-electron chi connectivity index (χ1n) is 10.6. The molecule has 0 aliphatic heterocycles. The number of halogens is 5. The van der Waals surface area contributed by atoms with Crippen LogP contribution >= 0.6 is 0 Å². The van der Waals surface area contributed by atoms with Gasteiger partial charge in [0.2, 0.25) is 0 Å². The van der Waals surface area contributed by atoms with E-state index in [1.54, 1.807) is 0 Å². The Labute approximate surface area is 161 Å². The lowest BCUT2D eigenvalue weighted by Crippen LogP contribution is -2.11. The summed E-state index contributed by atoms with van der Waals surface area (Å²) in [4.78, 5) is 0. The fourth-order valence-corrected chi connectivity index (χ4v) is 2.99. The first-order valence-corrected chi connectivity index (χ1v) is 10.6. The van der Waals surface area contributed by atoms with Gasteiger partial charge in [-0.1, -0.05) is 103 Å². The van der Waals surface area contributed by atoms with Crippen LogP contribution in [0, 0.1) is 0 Å². The SMILES string of the molecule is CCCCCCCCCCCCCCCCCCOC(F)=C(F)C(F)(F)F. The van der Waals surface area contributed by atoms with E-state index in [9.17, 15) is 22.0 Å². The van der Waals surface area contributed by atoms with Gasteiger partial charge in [-0.2, -0.15) is 22.0 Å². The summed E-state index contributed by atoms with van der Waals surface area (Å²) in [6.45, 7) is 2.01. The van der Waals surface area contributed by atoms with Gasteiger partial charge in [-0.15, -0.1) is 0 Å². The molecular weight excluding hydrogens is 363 g/mol. The maximum atomic E-state index is 12.8. The highest BCUT2D eigenvalue weighted by atomic mass is 19.4. The van der Waals surface area contributed by atoms with E-state index in [2.05, 4.69) is 11.7 Å². The number of rotatable bonds is 18. The average molecular weight is 401 g/mol. The Balaban J connectivity index is 3.28. The predicted molar refractivity (Wildman–Crippen MR) is 101 cm³/mol. The van der Waals surface area contributed by atoms with Crippen molar-refractivity contribution < 1.29 is 26.7 Å². The molecule has 0 radical (unpaired) electrons. The van der Waals surface area contributed by atoms with Crippen molar-refractivity contribution in [3.8, 4) is 0 Å². The van der Waals surface area contributed by atoms with Crippen molar-refractivity contribution in [2.75, 3.05) is 6.61 Å². The van der Waals surface area contributed by atoms with Crippen LogP contribution in [0.5, 0.6) is 0 Å². The van der Waals surface area contributed by atoms with Crippen molar-refractivity contribution in [1.29, 1.82) is 0 Å². The Bertz CT molecular complexity index is 366. The third-order valence-electron chi connectivity index (χ3n) is 4.65. The average Bonchev–Trinajstić information content (AvgIpc) is 2.62. The summed E-state index contributed by atoms with van der Waals surface area (Å²) in [5.74, 6) is -2.79. The number of allylic oxidation sites excluding steroid dienone is 1. The molecule has 162 valence electrons. The van der Waals surface area contributed by atoms with Gasteiger partial charge < -0.3 is 4.74 Å². The number of hydrogen-bond acceptors (Lipinski definition) is 1. The molecule has 0 atom stereocenters. The van der Waals surface area contributed by atoms with Crippen LogP contribution in [0.25, 0.3) is 0 Å². The summed E-state index contributed by atoms with van der Waals surface area (Å²) in [5.41, 5.74) is 0. The van der Waals surface area contributed by atoms with Gasteiger partial charge in [0.15, 0.2) is 0 Å². The Kier molecular flexibility index (Phi) is 16.8. The van der Waals surface area contributed by atoms with Crippen molar-refractivity contribution in [3.63, 3.8) is 0 Å². The van der Waals surface area contributed by atoms with Crippen LogP contribution in [0.15, 0.2) is 11.8 Å². The second-order valence-electron chi connectivity index (χ2n) is 7.24. The van der Waals surface area contributed by atoms with Crippen molar-refractivity contribution in [2.24, 2.45) is 0 Å². The highest BCUT2D eigenvalue weighted by Gasteiger charge is 2.39. The third kappa shape index (κ3) is 17.0. The molecule has 0 aromatic rings. The van der Waals surface area contributed by atoms with Gasteiger partial charge in [0, 0.05) is 0 Å². The van der Waals surface area contributed by atoms with E-state index in [1.807, 2.05) is 0 Å². The zero-order chi connectivity index (χ0) is 20.4. The third-order valence-corrected chi connectivity index (χ3v) is 4.65. The Morgan fingerprint density at radius 2 is 0.926 bits per heavy atom. The molecule has 0 saturated carbocycles. The zero-order valence-electron chi connectivity index (χ0n) is 16.8. The fraction of sp³-hybridized carbons (Fsp3) is 0.905. The maximum absolute atomic E-state index is 12.8. The Morgan fingerprint density at radius 1 is 0.593 bits per heavy atom. The summed E-state index contributed by atoms with van der Waals surface area (Å²) in [5, 5.41) is 0. The molecule has 0 rings (SSSR count). The van der Waals surface area contributed by atoms with Gasteiger partial charge >= 0.3 is 12.2 Å². The van der Waals surface area contributed by atoms with Gasteiger partial charge in [-0.25, -0.2) is 0 Å². The summed E-state index contributed by atoms with van der Waals surface area (Å²) in [6.07, 6.45) is 13.5. The molecule has 0 bridgehead atoms. The van der Waals surface area contributed by atoms with E-state index in [4.69, 9.17) is 0 Å². The molecule has 0 N–H and O–H groups in total. The van der Waals surface area contributed by atoms with E-state index >= 15 is 0 Å².